The molecule has 0 heterocycles. The van der Waals surface area contributed by atoms with E-state index in [1.165, 1.54) is 19.3 Å². The second kappa shape index (κ2) is 10.7. The first-order valence-corrected chi connectivity index (χ1v) is 3.99. The van der Waals surface area contributed by atoms with Crippen LogP contribution in [-0.2, 0) is 4.79 Å². The summed E-state index contributed by atoms with van der Waals surface area (Å²) in [6.45, 7) is 2.15. The fourth-order valence-electron chi connectivity index (χ4n) is 0.880. The molecule has 63 valence electrons. The maximum Gasteiger partial charge on any atom is 0.303 e. The SMILES string of the molecule is CCCCCCCC(=O)O.[La]. The van der Waals surface area contributed by atoms with E-state index < -0.39 is 5.97 Å². The zero-order valence-corrected chi connectivity index (χ0v) is 10.8. The fraction of sp³-hybridized carbons (Fsp3) is 0.875. The van der Waals surface area contributed by atoms with Crippen molar-refractivity contribution in [3.8, 4) is 0 Å². The van der Waals surface area contributed by atoms with Gasteiger partial charge in [-0.05, 0) is 6.42 Å². The molecule has 0 rings (SSSR count). The molecule has 11 heavy (non-hydrogen) atoms. The van der Waals surface area contributed by atoms with Gasteiger partial charge in [0.05, 0.1) is 0 Å². The molecule has 0 bridgehead atoms. The second-order valence-corrected chi connectivity index (χ2v) is 2.56. The van der Waals surface area contributed by atoms with Crippen LogP contribution < -0.4 is 0 Å². The van der Waals surface area contributed by atoms with Gasteiger partial charge in [0.2, 0.25) is 0 Å². The summed E-state index contributed by atoms with van der Waals surface area (Å²) in [5.74, 6) is -0.670. The van der Waals surface area contributed by atoms with Crippen molar-refractivity contribution in [2.45, 2.75) is 45.4 Å². The summed E-state index contributed by atoms with van der Waals surface area (Å²) in [5.41, 5.74) is 0. The van der Waals surface area contributed by atoms with Gasteiger partial charge in [0.15, 0.2) is 0 Å². The number of carbonyl (C=O) groups is 1. The molecule has 3 heteroatoms. The van der Waals surface area contributed by atoms with Gasteiger partial charge >= 0.3 is 5.97 Å². The minimum atomic E-state index is -0.670. The molecule has 0 atom stereocenters. The topological polar surface area (TPSA) is 37.3 Å². The smallest absolute Gasteiger partial charge is 0.303 e. The van der Waals surface area contributed by atoms with Crippen LogP contribution in [0.1, 0.15) is 45.4 Å². The van der Waals surface area contributed by atoms with E-state index in [1.807, 2.05) is 0 Å². The standard InChI is InChI=1S/C8H16O2.La/c1-2-3-4-5-6-7-8(9)10;/h2-7H2,1H3,(H,9,10);. The van der Waals surface area contributed by atoms with Gasteiger partial charge in [-0.25, -0.2) is 0 Å². The Balaban J connectivity index is 0. The van der Waals surface area contributed by atoms with Crippen molar-refractivity contribution in [2.75, 3.05) is 0 Å². The predicted molar refractivity (Wildman–Crippen MR) is 41.0 cm³/mol. The van der Waals surface area contributed by atoms with Gasteiger partial charge in [0.1, 0.15) is 0 Å². The maximum atomic E-state index is 10.0. The molecule has 0 aromatic carbocycles. The molecule has 0 aromatic heterocycles. The summed E-state index contributed by atoms with van der Waals surface area (Å²) < 4.78 is 0. The van der Waals surface area contributed by atoms with E-state index >= 15 is 0 Å². The molecule has 0 aliphatic heterocycles. The number of carboxylic acids is 1. The largest absolute Gasteiger partial charge is 0.481 e. The van der Waals surface area contributed by atoms with Crippen molar-refractivity contribution in [2.24, 2.45) is 0 Å². The molecular formula is C8H16LaO2. The van der Waals surface area contributed by atoms with Gasteiger partial charge in [-0.15, -0.1) is 0 Å². The molecular weight excluding hydrogens is 267 g/mol. The van der Waals surface area contributed by atoms with Crippen LogP contribution in [0.15, 0.2) is 0 Å². The minimum absolute atomic E-state index is 0. The van der Waals surface area contributed by atoms with Crippen molar-refractivity contribution in [1.29, 1.82) is 0 Å². The fourth-order valence-corrected chi connectivity index (χ4v) is 0.880. The van der Waals surface area contributed by atoms with Gasteiger partial charge in [-0.3, -0.25) is 4.79 Å². The van der Waals surface area contributed by atoms with Crippen LogP contribution in [0.5, 0.6) is 0 Å². The number of carboxylic acid groups (broad SMARTS) is 1. The molecule has 0 aliphatic rings. The minimum Gasteiger partial charge on any atom is -0.481 e. The number of hydrogen-bond donors (Lipinski definition) is 1. The van der Waals surface area contributed by atoms with E-state index in [1.54, 1.807) is 0 Å². The summed E-state index contributed by atoms with van der Waals surface area (Å²) in [6, 6.07) is 0. The molecule has 2 nitrogen and oxygen atoms in total. The third-order valence-electron chi connectivity index (χ3n) is 1.49. The van der Waals surface area contributed by atoms with Gasteiger partial charge in [0, 0.05) is 42.0 Å². The van der Waals surface area contributed by atoms with E-state index in [9.17, 15) is 4.79 Å². The van der Waals surface area contributed by atoms with Crippen molar-refractivity contribution >= 4 is 5.97 Å². The average molecular weight is 283 g/mol. The van der Waals surface area contributed by atoms with Crippen molar-refractivity contribution in [1.82, 2.24) is 0 Å². The van der Waals surface area contributed by atoms with Gasteiger partial charge in [0.25, 0.3) is 0 Å². The van der Waals surface area contributed by atoms with Crippen LogP contribution in [0.3, 0.4) is 0 Å². The van der Waals surface area contributed by atoms with Crippen LogP contribution in [0, 0.1) is 35.6 Å². The van der Waals surface area contributed by atoms with Gasteiger partial charge in [-0.1, -0.05) is 32.6 Å². The van der Waals surface area contributed by atoms with Gasteiger partial charge < -0.3 is 5.11 Å². The third kappa shape index (κ3) is 13.6. The summed E-state index contributed by atoms with van der Waals surface area (Å²) in [7, 11) is 0. The van der Waals surface area contributed by atoms with Crippen LogP contribution >= 0.6 is 0 Å². The first-order valence-electron chi connectivity index (χ1n) is 3.99. The maximum absolute atomic E-state index is 10.0. The Morgan fingerprint density at radius 3 is 2.18 bits per heavy atom. The molecule has 1 radical (unpaired) electrons. The molecule has 0 spiro atoms. The van der Waals surface area contributed by atoms with Gasteiger partial charge in [-0.2, -0.15) is 0 Å². The van der Waals surface area contributed by atoms with Crippen molar-refractivity contribution in [3.63, 3.8) is 0 Å². The van der Waals surface area contributed by atoms with E-state index in [0.717, 1.165) is 12.8 Å². The number of rotatable bonds is 6. The number of unbranched alkanes of at least 4 members (excludes halogenated alkanes) is 4. The molecule has 0 saturated heterocycles. The molecule has 0 saturated carbocycles. The number of hydrogen-bond acceptors (Lipinski definition) is 1. The number of aliphatic carboxylic acids is 1. The van der Waals surface area contributed by atoms with E-state index in [2.05, 4.69) is 6.92 Å². The van der Waals surface area contributed by atoms with Crippen molar-refractivity contribution < 1.29 is 45.5 Å². The quantitative estimate of drug-likeness (QED) is 0.760. The Morgan fingerprint density at radius 2 is 1.73 bits per heavy atom. The van der Waals surface area contributed by atoms with Crippen LogP contribution in [0.4, 0.5) is 0 Å². The second-order valence-electron chi connectivity index (χ2n) is 2.56. The Kier molecular flexibility index (Phi) is 13.8. The van der Waals surface area contributed by atoms with Crippen LogP contribution in [0.2, 0.25) is 0 Å². The van der Waals surface area contributed by atoms with Crippen LogP contribution in [0.25, 0.3) is 0 Å². The summed E-state index contributed by atoms with van der Waals surface area (Å²) in [6.07, 6.45) is 5.88. The Hall–Kier alpha value is 0.665. The summed E-state index contributed by atoms with van der Waals surface area (Å²) >= 11 is 0. The van der Waals surface area contributed by atoms with E-state index in [4.69, 9.17) is 5.11 Å². The molecule has 0 amide bonds. The molecule has 0 fully saturated rings. The molecule has 1 N–H and O–H groups in total. The predicted octanol–water partition coefficient (Wildman–Crippen LogP) is 2.43. The molecule has 0 aliphatic carbocycles. The van der Waals surface area contributed by atoms with Crippen LogP contribution in [-0.4, -0.2) is 11.1 Å². The first-order chi connectivity index (χ1) is 4.77. The zero-order valence-electron chi connectivity index (χ0n) is 7.18. The van der Waals surface area contributed by atoms with E-state index in [-0.39, 0.29) is 35.6 Å². The Morgan fingerprint density at radius 1 is 1.18 bits per heavy atom. The van der Waals surface area contributed by atoms with E-state index in [0.29, 0.717) is 6.42 Å². The first kappa shape index (κ1) is 14.2. The Bertz CT molecular complexity index is 94.1. The monoisotopic (exact) mass is 283 g/mol. The Labute approximate surface area is 96.4 Å². The van der Waals surface area contributed by atoms with Crippen molar-refractivity contribution in [3.05, 3.63) is 0 Å². The summed E-state index contributed by atoms with van der Waals surface area (Å²) in [4.78, 5) is 10.0. The third-order valence-corrected chi connectivity index (χ3v) is 1.49. The molecule has 0 unspecified atom stereocenters. The average Bonchev–Trinajstić information content (AvgIpc) is 1.87. The zero-order chi connectivity index (χ0) is 7.82. The normalized spacial score (nSPS) is 8.82. The summed E-state index contributed by atoms with van der Waals surface area (Å²) in [5, 5.41) is 8.27. The molecule has 0 aromatic rings.